The molecular formula is C25H27ClN6O. The molecule has 0 aliphatic carbocycles. The number of ether oxygens (including phenoxy) is 1. The number of methoxy groups -OCH3 is 1. The Labute approximate surface area is 197 Å². The van der Waals surface area contributed by atoms with E-state index in [0.717, 1.165) is 41.7 Å². The van der Waals surface area contributed by atoms with Crippen LogP contribution in [0.3, 0.4) is 0 Å². The summed E-state index contributed by atoms with van der Waals surface area (Å²) in [5.74, 6) is 1.09. The molecule has 0 radical (unpaired) electrons. The Hall–Kier alpha value is -3.45. The van der Waals surface area contributed by atoms with Gasteiger partial charge in [0.25, 0.3) is 0 Å². The predicted molar refractivity (Wildman–Crippen MR) is 136 cm³/mol. The summed E-state index contributed by atoms with van der Waals surface area (Å²) in [4.78, 5) is 14.7. The van der Waals surface area contributed by atoms with Gasteiger partial charge in [-0.05, 0) is 24.0 Å². The number of aromatic nitrogens is 3. The van der Waals surface area contributed by atoms with Gasteiger partial charge in [0.05, 0.1) is 41.1 Å². The smallest absolute Gasteiger partial charge is 0.227 e. The molecule has 7 nitrogen and oxygen atoms in total. The fourth-order valence-electron chi connectivity index (χ4n) is 4.45. The summed E-state index contributed by atoms with van der Waals surface area (Å²) < 4.78 is 5.68. The quantitative estimate of drug-likeness (QED) is 0.322. The standard InChI is InChI=1S/C25H27ClN6O/c1-25(2)8-9-32(14-25)21-11-22(33-3)20(10-18(21)27)30-24-29-13-17(26)23(31-24)16-12-28-19-7-5-4-6-15(16)19/h4-7,10-13,28H,8-9,14,27H2,1-3H3,(H,29,30,31). The molecule has 1 aliphatic heterocycles. The highest BCUT2D eigenvalue weighted by atomic mass is 35.5. The number of halogens is 1. The maximum Gasteiger partial charge on any atom is 0.227 e. The number of nitrogens with zero attached hydrogens (tertiary/aromatic N) is 3. The van der Waals surface area contributed by atoms with Crippen LogP contribution in [0.1, 0.15) is 20.3 Å². The van der Waals surface area contributed by atoms with E-state index in [1.54, 1.807) is 13.3 Å². The van der Waals surface area contributed by atoms with E-state index in [9.17, 15) is 0 Å². The van der Waals surface area contributed by atoms with Crippen molar-refractivity contribution < 1.29 is 4.74 Å². The third-order valence-electron chi connectivity index (χ3n) is 6.20. The third-order valence-corrected chi connectivity index (χ3v) is 6.48. The van der Waals surface area contributed by atoms with Gasteiger partial charge in [0, 0.05) is 41.8 Å². The van der Waals surface area contributed by atoms with Gasteiger partial charge in [-0.3, -0.25) is 0 Å². The van der Waals surface area contributed by atoms with Gasteiger partial charge >= 0.3 is 0 Å². The van der Waals surface area contributed by atoms with Crippen molar-refractivity contribution >= 4 is 45.5 Å². The van der Waals surface area contributed by atoms with Crippen LogP contribution in [0.25, 0.3) is 22.2 Å². The van der Waals surface area contributed by atoms with Crippen molar-refractivity contribution in [2.45, 2.75) is 20.3 Å². The van der Waals surface area contributed by atoms with E-state index >= 15 is 0 Å². The number of rotatable bonds is 5. The fraction of sp³-hybridized carbons (Fsp3) is 0.280. The molecule has 0 bridgehead atoms. The summed E-state index contributed by atoms with van der Waals surface area (Å²) in [5, 5.41) is 4.78. The second-order valence-electron chi connectivity index (χ2n) is 9.21. The molecule has 8 heteroatoms. The van der Waals surface area contributed by atoms with Crippen molar-refractivity contribution in [3.63, 3.8) is 0 Å². The van der Waals surface area contributed by atoms with Crippen molar-refractivity contribution in [2.75, 3.05) is 36.1 Å². The Kier molecular flexibility index (Phi) is 5.29. The van der Waals surface area contributed by atoms with Crippen LogP contribution in [0.4, 0.5) is 23.0 Å². The molecule has 0 saturated carbocycles. The molecule has 1 fully saturated rings. The van der Waals surface area contributed by atoms with E-state index in [2.05, 4.69) is 34.0 Å². The number of fused-ring (bicyclic) bond motifs is 1. The van der Waals surface area contributed by atoms with Crippen molar-refractivity contribution in [3.05, 3.63) is 53.8 Å². The monoisotopic (exact) mass is 462 g/mol. The number of hydrogen-bond donors (Lipinski definition) is 3. The van der Waals surface area contributed by atoms with Crippen LogP contribution in [0, 0.1) is 5.41 Å². The van der Waals surface area contributed by atoms with Crippen molar-refractivity contribution in [1.29, 1.82) is 0 Å². The Morgan fingerprint density at radius 1 is 1.24 bits per heavy atom. The molecule has 1 aliphatic rings. The van der Waals surface area contributed by atoms with E-state index < -0.39 is 0 Å². The lowest BCUT2D eigenvalue weighted by molar-refractivity contribution is 0.415. The van der Waals surface area contributed by atoms with E-state index in [1.807, 2.05) is 42.6 Å². The van der Waals surface area contributed by atoms with Gasteiger partial charge in [0.15, 0.2) is 0 Å². The minimum atomic E-state index is 0.270. The SMILES string of the molecule is COc1cc(N2CCC(C)(C)C2)c(N)cc1Nc1ncc(Cl)c(-c2c[nH]c3ccccc23)n1. The maximum absolute atomic E-state index is 6.47. The zero-order chi connectivity index (χ0) is 23.2. The predicted octanol–water partition coefficient (Wildman–Crippen LogP) is 5.85. The number of benzene rings is 2. The largest absolute Gasteiger partial charge is 0.494 e. The highest BCUT2D eigenvalue weighted by Crippen LogP contribution is 2.41. The molecule has 2 aromatic carbocycles. The van der Waals surface area contributed by atoms with Gasteiger partial charge in [0.1, 0.15) is 5.75 Å². The molecule has 3 heterocycles. The average Bonchev–Trinajstić information content (AvgIpc) is 3.38. The zero-order valence-corrected chi connectivity index (χ0v) is 19.7. The highest BCUT2D eigenvalue weighted by molar-refractivity contribution is 6.33. The number of nitrogen functional groups attached to an aromatic ring is 1. The molecule has 0 amide bonds. The summed E-state index contributed by atoms with van der Waals surface area (Å²) in [7, 11) is 1.65. The van der Waals surface area contributed by atoms with Gasteiger partial charge in [-0.2, -0.15) is 0 Å². The molecular weight excluding hydrogens is 436 g/mol. The lowest BCUT2D eigenvalue weighted by Crippen LogP contribution is -2.23. The maximum atomic E-state index is 6.47. The van der Waals surface area contributed by atoms with E-state index in [-0.39, 0.29) is 5.41 Å². The fourth-order valence-corrected chi connectivity index (χ4v) is 4.64. The number of anilines is 4. The molecule has 5 rings (SSSR count). The highest BCUT2D eigenvalue weighted by Gasteiger charge is 2.30. The normalized spacial score (nSPS) is 15.2. The van der Waals surface area contributed by atoms with Gasteiger partial charge in [-0.1, -0.05) is 43.6 Å². The molecule has 0 unspecified atom stereocenters. The molecule has 0 atom stereocenters. The van der Waals surface area contributed by atoms with Crippen LogP contribution in [0.2, 0.25) is 5.02 Å². The van der Waals surface area contributed by atoms with E-state index in [1.165, 1.54) is 0 Å². The molecule has 4 N–H and O–H groups in total. The summed E-state index contributed by atoms with van der Waals surface area (Å²) >= 11 is 6.47. The second-order valence-corrected chi connectivity index (χ2v) is 9.62. The van der Waals surface area contributed by atoms with Crippen LogP contribution >= 0.6 is 11.6 Å². The third kappa shape index (κ3) is 4.04. The number of aromatic amines is 1. The molecule has 1 saturated heterocycles. The van der Waals surface area contributed by atoms with Crippen molar-refractivity contribution in [3.8, 4) is 17.0 Å². The average molecular weight is 463 g/mol. The number of nitrogens with two attached hydrogens (primary N) is 1. The van der Waals surface area contributed by atoms with Gasteiger partial charge in [0.2, 0.25) is 5.95 Å². The lowest BCUT2D eigenvalue weighted by atomic mass is 9.93. The topological polar surface area (TPSA) is 92.1 Å². The summed E-state index contributed by atoms with van der Waals surface area (Å²) in [6.07, 6.45) is 4.64. The Morgan fingerprint density at radius 3 is 2.82 bits per heavy atom. The molecule has 4 aromatic rings. The minimum Gasteiger partial charge on any atom is -0.494 e. The Morgan fingerprint density at radius 2 is 2.06 bits per heavy atom. The van der Waals surface area contributed by atoms with Crippen molar-refractivity contribution in [1.82, 2.24) is 15.0 Å². The van der Waals surface area contributed by atoms with Crippen LogP contribution in [0.5, 0.6) is 5.75 Å². The number of hydrogen-bond acceptors (Lipinski definition) is 6. The van der Waals surface area contributed by atoms with E-state index in [0.29, 0.717) is 33.8 Å². The van der Waals surface area contributed by atoms with Gasteiger partial charge in [-0.15, -0.1) is 0 Å². The first-order valence-electron chi connectivity index (χ1n) is 10.9. The van der Waals surface area contributed by atoms with Crippen LogP contribution in [0.15, 0.2) is 48.8 Å². The lowest BCUT2D eigenvalue weighted by Gasteiger charge is -2.24. The van der Waals surface area contributed by atoms with Crippen molar-refractivity contribution in [2.24, 2.45) is 5.41 Å². The first kappa shape index (κ1) is 21.4. The first-order chi connectivity index (χ1) is 15.8. The Balaban J connectivity index is 1.48. The summed E-state index contributed by atoms with van der Waals surface area (Å²) in [6, 6.07) is 11.9. The summed E-state index contributed by atoms with van der Waals surface area (Å²) in [6.45, 7) is 6.49. The van der Waals surface area contributed by atoms with Crippen LogP contribution in [-0.4, -0.2) is 35.2 Å². The number of H-pyrrole nitrogens is 1. The number of nitrogens with one attached hydrogen (secondary N) is 2. The molecule has 0 spiro atoms. The first-order valence-corrected chi connectivity index (χ1v) is 11.3. The second kappa shape index (κ2) is 8.15. The van der Waals surface area contributed by atoms with Crippen LogP contribution in [-0.2, 0) is 0 Å². The number of para-hydroxylation sites is 1. The molecule has 33 heavy (non-hydrogen) atoms. The Bertz CT molecular complexity index is 1330. The summed E-state index contributed by atoms with van der Waals surface area (Å²) in [5.41, 5.74) is 11.7. The van der Waals surface area contributed by atoms with Crippen LogP contribution < -0.4 is 20.7 Å². The van der Waals surface area contributed by atoms with E-state index in [4.69, 9.17) is 27.1 Å². The molecule has 170 valence electrons. The zero-order valence-electron chi connectivity index (χ0n) is 18.9. The van der Waals surface area contributed by atoms with Gasteiger partial charge < -0.3 is 25.7 Å². The van der Waals surface area contributed by atoms with Gasteiger partial charge in [-0.25, -0.2) is 9.97 Å². The molecule has 2 aromatic heterocycles. The minimum absolute atomic E-state index is 0.270.